The van der Waals surface area contributed by atoms with Crippen LogP contribution >= 0.6 is 0 Å². The number of pyridine rings is 1. The summed E-state index contributed by atoms with van der Waals surface area (Å²) < 4.78 is 46.4. The van der Waals surface area contributed by atoms with Gasteiger partial charge in [-0.1, -0.05) is 0 Å². The number of nitrogens with zero attached hydrogens (tertiary/aromatic N) is 4. The Morgan fingerprint density at radius 2 is 1.74 bits per heavy atom. The topological polar surface area (TPSA) is 80.5 Å². The zero-order valence-corrected chi connectivity index (χ0v) is 13.4. The van der Waals surface area contributed by atoms with Crippen molar-refractivity contribution in [1.29, 1.82) is 0 Å². The summed E-state index contributed by atoms with van der Waals surface area (Å²) in [6.07, 6.45) is 1.11. The molecule has 1 N–H and O–H groups in total. The van der Waals surface area contributed by atoms with Gasteiger partial charge in [-0.25, -0.2) is 18.2 Å². The summed E-state index contributed by atoms with van der Waals surface area (Å²) >= 11 is 0. The molecule has 0 spiro atoms. The fourth-order valence-electron chi connectivity index (χ4n) is 3.02. The van der Waals surface area contributed by atoms with Crippen LogP contribution in [-0.2, 0) is 0 Å². The van der Waals surface area contributed by atoms with E-state index in [-0.39, 0.29) is 11.5 Å². The van der Waals surface area contributed by atoms with Gasteiger partial charge >= 0.3 is 0 Å². The first-order valence-corrected chi connectivity index (χ1v) is 7.81. The molecule has 0 aliphatic rings. The molecule has 6 nitrogen and oxygen atoms in total. The van der Waals surface area contributed by atoms with Gasteiger partial charge in [0.05, 0.1) is 22.3 Å². The molecule has 132 valence electrons. The van der Waals surface area contributed by atoms with Gasteiger partial charge in [0.15, 0.2) is 11.6 Å². The van der Waals surface area contributed by atoms with Gasteiger partial charge in [-0.3, -0.25) is 5.10 Å². The van der Waals surface area contributed by atoms with Crippen molar-refractivity contribution in [2.45, 2.75) is 0 Å². The normalized spacial score (nSPS) is 11.5. The highest BCUT2D eigenvalue weighted by Crippen LogP contribution is 2.32. The highest BCUT2D eigenvalue weighted by Gasteiger charge is 2.18. The molecular weight excluding hydrogens is 359 g/mol. The van der Waals surface area contributed by atoms with Crippen molar-refractivity contribution in [3.63, 3.8) is 0 Å². The molecule has 0 unspecified atom stereocenters. The van der Waals surface area contributed by atoms with E-state index in [1.807, 2.05) is 0 Å². The van der Waals surface area contributed by atoms with Crippen molar-refractivity contribution >= 4 is 21.8 Å². The zero-order chi connectivity index (χ0) is 18.5. The second kappa shape index (κ2) is 5.63. The number of H-pyrrole nitrogens is 1. The second-order valence-corrected chi connectivity index (χ2v) is 5.81. The Morgan fingerprint density at radius 1 is 0.889 bits per heavy atom. The Morgan fingerprint density at radius 3 is 2.56 bits per heavy atom. The van der Waals surface area contributed by atoms with E-state index >= 15 is 0 Å². The molecule has 0 atom stereocenters. The van der Waals surface area contributed by atoms with E-state index in [0.29, 0.717) is 33.2 Å². The van der Waals surface area contributed by atoms with Crippen molar-refractivity contribution in [2.75, 3.05) is 0 Å². The van der Waals surface area contributed by atoms with Crippen LogP contribution in [0.15, 0.2) is 47.2 Å². The maximum absolute atomic E-state index is 14.3. The fraction of sp³-hybridized carbons (Fsp3) is 0. The van der Waals surface area contributed by atoms with Crippen molar-refractivity contribution in [3.05, 3.63) is 60.2 Å². The Labute approximate surface area is 148 Å². The third-order valence-corrected chi connectivity index (χ3v) is 4.24. The first-order chi connectivity index (χ1) is 13.1. The van der Waals surface area contributed by atoms with Crippen LogP contribution in [0.25, 0.3) is 44.6 Å². The van der Waals surface area contributed by atoms with Crippen molar-refractivity contribution < 1.29 is 17.6 Å². The van der Waals surface area contributed by atoms with E-state index in [2.05, 4.69) is 25.4 Å². The molecule has 5 rings (SSSR count). The molecule has 0 amide bonds. The van der Waals surface area contributed by atoms with E-state index in [1.165, 1.54) is 12.1 Å². The quantitative estimate of drug-likeness (QED) is 0.505. The summed E-state index contributed by atoms with van der Waals surface area (Å²) in [5, 5.41) is 14.9. The van der Waals surface area contributed by atoms with E-state index in [4.69, 9.17) is 4.42 Å². The van der Waals surface area contributed by atoms with Gasteiger partial charge in [0.25, 0.3) is 5.89 Å². The van der Waals surface area contributed by atoms with Gasteiger partial charge in [-0.05, 0) is 30.3 Å². The van der Waals surface area contributed by atoms with Gasteiger partial charge in [-0.15, -0.1) is 10.2 Å². The summed E-state index contributed by atoms with van der Waals surface area (Å²) in [6, 6.07) is 8.09. The lowest BCUT2D eigenvalue weighted by molar-refractivity contribution is 0.511. The van der Waals surface area contributed by atoms with Crippen molar-refractivity contribution in [3.8, 4) is 22.8 Å². The van der Waals surface area contributed by atoms with Gasteiger partial charge < -0.3 is 4.42 Å². The van der Waals surface area contributed by atoms with Crippen LogP contribution in [0.2, 0.25) is 0 Å². The fourth-order valence-corrected chi connectivity index (χ4v) is 3.02. The third kappa shape index (κ3) is 2.35. The molecule has 0 bridgehead atoms. The Balaban J connectivity index is 1.73. The molecule has 0 aliphatic carbocycles. The SMILES string of the molecule is Fc1cc2[nH]nc(-c3ccc4c(-c5nnco5)c(F)ccc4n3)c2cc1F. The summed E-state index contributed by atoms with van der Waals surface area (Å²) in [4.78, 5) is 4.48. The molecule has 3 heterocycles. The third-order valence-electron chi connectivity index (χ3n) is 4.24. The zero-order valence-electron chi connectivity index (χ0n) is 13.4. The number of hydrogen-bond acceptors (Lipinski definition) is 5. The molecule has 0 saturated heterocycles. The maximum Gasteiger partial charge on any atom is 0.251 e. The first-order valence-electron chi connectivity index (χ1n) is 7.81. The van der Waals surface area contributed by atoms with E-state index in [0.717, 1.165) is 18.5 Å². The smallest absolute Gasteiger partial charge is 0.251 e. The number of benzene rings is 2. The first kappa shape index (κ1) is 15.5. The average Bonchev–Trinajstić information content (AvgIpc) is 3.32. The molecule has 27 heavy (non-hydrogen) atoms. The summed E-state index contributed by atoms with van der Waals surface area (Å²) in [5.74, 6) is -2.44. The van der Waals surface area contributed by atoms with Crippen LogP contribution < -0.4 is 0 Å². The summed E-state index contributed by atoms with van der Waals surface area (Å²) in [6.45, 7) is 0. The highest BCUT2D eigenvalue weighted by atomic mass is 19.2. The Bertz CT molecular complexity index is 1310. The number of rotatable bonds is 2. The lowest BCUT2D eigenvalue weighted by Gasteiger charge is -2.06. The minimum absolute atomic E-state index is 0.0374. The predicted octanol–water partition coefficient (Wildman–Crippen LogP) is 4.25. The average molecular weight is 367 g/mol. The molecule has 3 aromatic heterocycles. The largest absolute Gasteiger partial charge is 0.423 e. The van der Waals surface area contributed by atoms with Gasteiger partial charge in [0, 0.05) is 16.8 Å². The van der Waals surface area contributed by atoms with Crippen molar-refractivity contribution in [1.82, 2.24) is 25.4 Å². The summed E-state index contributed by atoms with van der Waals surface area (Å²) in [5.41, 5.74) is 1.72. The Kier molecular flexibility index (Phi) is 3.23. The van der Waals surface area contributed by atoms with Gasteiger partial charge in [0.1, 0.15) is 11.5 Å². The molecule has 0 aliphatic heterocycles. The lowest BCUT2D eigenvalue weighted by atomic mass is 10.1. The molecule has 9 heteroatoms. The van der Waals surface area contributed by atoms with Crippen LogP contribution in [0.4, 0.5) is 13.2 Å². The number of hydrogen-bond donors (Lipinski definition) is 1. The summed E-state index contributed by atoms with van der Waals surface area (Å²) in [7, 11) is 0. The predicted molar refractivity (Wildman–Crippen MR) is 90.0 cm³/mol. The van der Waals surface area contributed by atoms with Crippen LogP contribution in [0.1, 0.15) is 0 Å². The number of halogens is 3. The monoisotopic (exact) mass is 367 g/mol. The lowest BCUT2D eigenvalue weighted by Crippen LogP contribution is -1.92. The molecule has 5 aromatic rings. The standard InChI is InChI=1S/C18H8F3N5O/c19-10-2-4-13-8(16(10)18-26-22-7-27-18)1-3-14(23-13)17-9-5-11(20)12(21)6-15(9)24-25-17/h1-7H,(H,24,25). The van der Waals surface area contributed by atoms with Gasteiger partial charge in [-0.2, -0.15) is 5.10 Å². The number of aromatic amines is 1. The van der Waals surface area contributed by atoms with Crippen molar-refractivity contribution in [2.24, 2.45) is 0 Å². The number of fused-ring (bicyclic) bond motifs is 2. The molecule has 2 aromatic carbocycles. The number of nitrogens with one attached hydrogen (secondary N) is 1. The maximum atomic E-state index is 14.3. The minimum atomic E-state index is -0.980. The van der Waals surface area contributed by atoms with E-state index in [9.17, 15) is 13.2 Å². The second-order valence-electron chi connectivity index (χ2n) is 5.81. The molecule has 0 fully saturated rings. The van der Waals surface area contributed by atoms with Crippen LogP contribution in [0, 0.1) is 17.5 Å². The number of aromatic nitrogens is 5. The molecular formula is C18H8F3N5O. The van der Waals surface area contributed by atoms with Gasteiger partial charge in [0.2, 0.25) is 6.39 Å². The molecule has 0 saturated carbocycles. The highest BCUT2D eigenvalue weighted by molar-refractivity contribution is 5.96. The molecule has 0 radical (unpaired) electrons. The minimum Gasteiger partial charge on any atom is -0.423 e. The van der Waals surface area contributed by atoms with E-state index in [1.54, 1.807) is 12.1 Å². The van der Waals surface area contributed by atoms with E-state index < -0.39 is 17.5 Å². The Hall–Kier alpha value is -3.75. The van der Waals surface area contributed by atoms with Crippen LogP contribution in [-0.4, -0.2) is 25.4 Å². The van der Waals surface area contributed by atoms with Crippen LogP contribution in [0.5, 0.6) is 0 Å². The van der Waals surface area contributed by atoms with Crippen LogP contribution in [0.3, 0.4) is 0 Å².